The molecule has 0 bridgehead atoms. The number of hydrogen-bond donors (Lipinski definition) is 1. The van der Waals surface area contributed by atoms with E-state index >= 15 is 0 Å². The predicted octanol–water partition coefficient (Wildman–Crippen LogP) is 3.72. The van der Waals surface area contributed by atoms with E-state index in [1.54, 1.807) is 19.1 Å². The van der Waals surface area contributed by atoms with Crippen molar-refractivity contribution in [1.29, 1.82) is 0 Å². The van der Waals surface area contributed by atoms with Crippen molar-refractivity contribution in [2.24, 2.45) is 0 Å². The highest BCUT2D eigenvalue weighted by Crippen LogP contribution is 2.17. The highest BCUT2D eigenvalue weighted by molar-refractivity contribution is 5.29. The third-order valence-electron chi connectivity index (χ3n) is 3.07. The van der Waals surface area contributed by atoms with Gasteiger partial charge in [0.1, 0.15) is 18.2 Å². The van der Waals surface area contributed by atoms with Gasteiger partial charge < -0.3 is 9.84 Å². The van der Waals surface area contributed by atoms with Crippen molar-refractivity contribution in [3.63, 3.8) is 0 Å². The predicted molar refractivity (Wildman–Crippen MR) is 77.2 cm³/mol. The van der Waals surface area contributed by atoms with E-state index in [4.69, 9.17) is 4.74 Å². The molecule has 0 heterocycles. The molecule has 106 valence electrons. The van der Waals surface area contributed by atoms with Crippen LogP contribution in [-0.4, -0.2) is 11.2 Å². The minimum Gasteiger partial charge on any atom is -0.489 e. The molecule has 1 unspecified atom stereocenters. The molecule has 2 nitrogen and oxygen atoms in total. The number of benzene rings is 2. The Morgan fingerprint density at radius 2 is 1.85 bits per heavy atom. The fourth-order valence-electron chi connectivity index (χ4n) is 1.91. The third kappa shape index (κ3) is 4.67. The van der Waals surface area contributed by atoms with E-state index in [-0.39, 0.29) is 11.9 Å². The summed E-state index contributed by atoms with van der Waals surface area (Å²) in [5.74, 6) is 0.547. The van der Waals surface area contributed by atoms with E-state index in [0.29, 0.717) is 6.61 Å². The van der Waals surface area contributed by atoms with Crippen molar-refractivity contribution in [1.82, 2.24) is 0 Å². The van der Waals surface area contributed by atoms with Gasteiger partial charge in [0.05, 0.1) is 6.10 Å². The number of halogens is 1. The van der Waals surface area contributed by atoms with Crippen LogP contribution in [0.15, 0.2) is 48.5 Å². The first-order valence-corrected chi connectivity index (χ1v) is 6.78. The molecule has 0 amide bonds. The van der Waals surface area contributed by atoms with E-state index in [2.05, 4.69) is 0 Å². The highest BCUT2D eigenvalue weighted by atomic mass is 19.1. The second kappa shape index (κ2) is 7.06. The van der Waals surface area contributed by atoms with Crippen LogP contribution in [0.25, 0.3) is 0 Å². The first kappa shape index (κ1) is 14.5. The average Bonchev–Trinajstić information content (AvgIpc) is 2.45. The molecular weight excluding hydrogens is 255 g/mol. The van der Waals surface area contributed by atoms with Crippen LogP contribution in [0.5, 0.6) is 5.75 Å². The molecule has 0 aromatic heterocycles. The van der Waals surface area contributed by atoms with Gasteiger partial charge in [-0.2, -0.15) is 0 Å². The second-order valence-corrected chi connectivity index (χ2v) is 4.95. The molecule has 1 atom stereocenters. The van der Waals surface area contributed by atoms with Crippen molar-refractivity contribution in [3.05, 3.63) is 65.5 Å². The van der Waals surface area contributed by atoms with Gasteiger partial charge in [-0.05, 0) is 55.2 Å². The molecule has 0 aliphatic heterocycles. The number of aryl methyl sites for hydroxylation is 1. The van der Waals surface area contributed by atoms with Gasteiger partial charge in [0, 0.05) is 0 Å². The summed E-state index contributed by atoms with van der Waals surface area (Å²) >= 11 is 0. The van der Waals surface area contributed by atoms with Gasteiger partial charge in [-0.15, -0.1) is 0 Å². The summed E-state index contributed by atoms with van der Waals surface area (Å²) in [6.45, 7) is 2.20. The minimum absolute atomic E-state index is 0.242. The summed E-state index contributed by atoms with van der Waals surface area (Å²) in [5, 5.41) is 9.30. The quantitative estimate of drug-likeness (QED) is 0.870. The molecule has 1 N–H and O–H groups in total. The smallest absolute Gasteiger partial charge is 0.123 e. The van der Waals surface area contributed by atoms with Crippen LogP contribution >= 0.6 is 0 Å². The van der Waals surface area contributed by atoms with Gasteiger partial charge in [-0.25, -0.2) is 4.39 Å². The molecule has 0 saturated carbocycles. The molecule has 0 aliphatic rings. The van der Waals surface area contributed by atoms with E-state index in [9.17, 15) is 9.50 Å². The van der Waals surface area contributed by atoms with Crippen LogP contribution < -0.4 is 4.74 Å². The van der Waals surface area contributed by atoms with E-state index in [1.807, 2.05) is 24.3 Å². The lowest BCUT2D eigenvalue weighted by molar-refractivity contribution is 0.185. The molecule has 20 heavy (non-hydrogen) atoms. The van der Waals surface area contributed by atoms with Crippen LogP contribution in [-0.2, 0) is 13.0 Å². The van der Waals surface area contributed by atoms with Crippen LogP contribution in [0.2, 0.25) is 0 Å². The van der Waals surface area contributed by atoms with Crippen molar-refractivity contribution in [3.8, 4) is 5.75 Å². The Balaban J connectivity index is 1.92. The van der Waals surface area contributed by atoms with Gasteiger partial charge >= 0.3 is 0 Å². The molecule has 2 rings (SSSR count). The van der Waals surface area contributed by atoms with Gasteiger partial charge in [-0.3, -0.25) is 0 Å². The van der Waals surface area contributed by atoms with E-state index in [1.165, 1.54) is 12.1 Å². The summed E-state index contributed by atoms with van der Waals surface area (Å²) in [6, 6.07) is 14.1. The minimum atomic E-state index is -0.293. The maximum atomic E-state index is 12.8. The average molecular weight is 274 g/mol. The molecule has 3 heteroatoms. The molecule has 2 aromatic rings. The maximum Gasteiger partial charge on any atom is 0.123 e. The lowest BCUT2D eigenvalue weighted by atomic mass is 10.1. The van der Waals surface area contributed by atoms with Gasteiger partial charge in [0.15, 0.2) is 0 Å². The third-order valence-corrected chi connectivity index (χ3v) is 3.07. The first-order chi connectivity index (χ1) is 9.63. The topological polar surface area (TPSA) is 29.5 Å². The van der Waals surface area contributed by atoms with Crippen molar-refractivity contribution >= 4 is 0 Å². The molecule has 0 fully saturated rings. The Bertz CT molecular complexity index is 535. The number of rotatable bonds is 6. The van der Waals surface area contributed by atoms with Crippen LogP contribution in [0.4, 0.5) is 4.39 Å². The zero-order chi connectivity index (χ0) is 14.4. The molecule has 0 radical (unpaired) electrons. The molecule has 2 aromatic carbocycles. The van der Waals surface area contributed by atoms with Crippen LogP contribution in [0.1, 0.15) is 24.5 Å². The SMILES string of the molecule is CC(O)CCc1cccc(OCc2ccc(F)cc2)c1. The lowest BCUT2D eigenvalue weighted by Gasteiger charge is -2.09. The summed E-state index contributed by atoms with van der Waals surface area (Å²) in [5.41, 5.74) is 2.07. The fraction of sp³-hybridized carbons (Fsp3) is 0.294. The number of hydrogen-bond acceptors (Lipinski definition) is 2. The summed E-state index contributed by atoms with van der Waals surface area (Å²) < 4.78 is 18.5. The Morgan fingerprint density at radius 1 is 1.10 bits per heavy atom. The van der Waals surface area contributed by atoms with E-state index < -0.39 is 0 Å². The second-order valence-electron chi connectivity index (χ2n) is 4.95. The van der Waals surface area contributed by atoms with Gasteiger partial charge in [0.2, 0.25) is 0 Å². The zero-order valence-corrected chi connectivity index (χ0v) is 11.6. The van der Waals surface area contributed by atoms with Crippen LogP contribution in [0, 0.1) is 5.82 Å². The molecule has 0 saturated heterocycles. The monoisotopic (exact) mass is 274 g/mol. The first-order valence-electron chi connectivity index (χ1n) is 6.78. The van der Waals surface area contributed by atoms with Crippen LogP contribution in [0.3, 0.4) is 0 Å². The Kier molecular flexibility index (Phi) is 5.13. The Morgan fingerprint density at radius 3 is 2.55 bits per heavy atom. The van der Waals surface area contributed by atoms with Crippen molar-refractivity contribution in [2.75, 3.05) is 0 Å². The zero-order valence-electron chi connectivity index (χ0n) is 11.6. The molecule has 0 spiro atoms. The number of ether oxygens (including phenoxy) is 1. The van der Waals surface area contributed by atoms with Crippen molar-refractivity contribution in [2.45, 2.75) is 32.5 Å². The summed E-state index contributed by atoms with van der Waals surface area (Å²) in [6.07, 6.45) is 1.27. The largest absolute Gasteiger partial charge is 0.489 e. The molecule has 0 aliphatic carbocycles. The molecular formula is C17H19FO2. The fourth-order valence-corrected chi connectivity index (χ4v) is 1.91. The standard InChI is InChI=1S/C17H19FO2/c1-13(19)5-6-14-3-2-4-17(11-14)20-12-15-7-9-16(18)10-8-15/h2-4,7-11,13,19H,5-6,12H2,1H3. The number of aliphatic hydroxyl groups excluding tert-OH is 1. The lowest BCUT2D eigenvalue weighted by Crippen LogP contribution is -2.01. The Hall–Kier alpha value is -1.87. The van der Waals surface area contributed by atoms with E-state index in [0.717, 1.165) is 29.7 Å². The number of aliphatic hydroxyl groups is 1. The summed E-state index contributed by atoms with van der Waals surface area (Å²) in [7, 11) is 0. The summed E-state index contributed by atoms with van der Waals surface area (Å²) in [4.78, 5) is 0. The van der Waals surface area contributed by atoms with Gasteiger partial charge in [0.25, 0.3) is 0 Å². The van der Waals surface area contributed by atoms with Gasteiger partial charge in [-0.1, -0.05) is 24.3 Å². The van der Waals surface area contributed by atoms with Crippen molar-refractivity contribution < 1.29 is 14.2 Å². The highest BCUT2D eigenvalue weighted by Gasteiger charge is 2.01. The normalized spacial score (nSPS) is 12.2. The Labute approximate surface area is 118 Å². The maximum absolute atomic E-state index is 12.8.